The third-order valence-corrected chi connectivity index (χ3v) is 5.75. The third kappa shape index (κ3) is 2.96. The Hall–Kier alpha value is -1.92. The van der Waals surface area contributed by atoms with Crippen LogP contribution in [-0.4, -0.2) is 15.5 Å². The van der Waals surface area contributed by atoms with Gasteiger partial charge >= 0.3 is 0 Å². The third-order valence-electron chi connectivity index (χ3n) is 4.02. The van der Waals surface area contributed by atoms with Crippen LogP contribution in [0.4, 0.5) is 0 Å². The van der Waals surface area contributed by atoms with Crippen molar-refractivity contribution in [2.45, 2.75) is 33.2 Å². The molecule has 120 valence electrons. The van der Waals surface area contributed by atoms with Crippen molar-refractivity contribution in [3.8, 4) is 10.6 Å². The van der Waals surface area contributed by atoms with Crippen LogP contribution in [0, 0.1) is 6.92 Å². The molecule has 0 fully saturated rings. The van der Waals surface area contributed by atoms with Crippen molar-refractivity contribution >= 4 is 28.6 Å². The highest BCUT2D eigenvalue weighted by atomic mass is 32.1. The van der Waals surface area contributed by atoms with Gasteiger partial charge in [0, 0.05) is 40.0 Å². The highest BCUT2D eigenvalue weighted by Crippen LogP contribution is 2.34. The smallest absolute Gasteiger partial charge is 0.251 e. The van der Waals surface area contributed by atoms with Gasteiger partial charge in [-0.15, -0.1) is 22.7 Å². The van der Waals surface area contributed by atoms with Gasteiger partial charge in [0.2, 0.25) is 0 Å². The number of nitrogens with zero attached hydrogens (tertiary/aromatic N) is 2. The summed E-state index contributed by atoms with van der Waals surface area (Å²) >= 11 is 3.31. The molecule has 0 radical (unpaired) electrons. The van der Waals surface area contributed by atoms with E-state index in [1.807, 2.05) is 12.3 Å². The minimum Gasteiger partial charge on any atom is -0.366 e. The van der Waals surface area contributed by atoms with Crippen LogP contribution in [0.1, 0.15) is 33.5 Å². The molecule has 3 aromatic rings. The predicted octanol–water partition coefficient (Wildman–Crippen LogP) is 3.89. The second kappa shape index (κ2) is 6.68. The molecule has 0 saturated heterocycles. The van der Waals surface area contributed by atoms with Crippen LogP contribution in [-0.2, 0) is 19.4 Å². The summed E-state index contributed by atoms with van der Waals surface area (Å²) < 4.78 is 2.23. The van der Waals surface area contributed by atoms with Gasteiger partial charge in [-0.25, -0.2) is 4.98 Å². The van der Waals surface area contributed by atoms with E-state index in [0.717, 1.165) is 41.3 Å². The van der Waals surface area contributed by atoms with E-state index in [2.05, 4.69) is 34.0 Å². The molecule has 0 aliphatic carbocycles. The van der Waals surface area contributed by atoms with Gasteiger partial charge in [-0.05, 0) is 31.2 Å². The number of nitrogens with two attached hydrogens (primary N) is 1. The highest BCUT2D eigenvalue weighted by Gasteiger charge is 2.25. The number of hydrogen-bond acceptors (Lipinski definition) is 4. The number of amides is 1. The van der Waals surface area contributed by atoms with E-state index in [4.69, 9.17) is 5.73 Å². The van der Waals surface area contributed by atoms with Crippen LogP contribution < -0.4 is 5.73 Å². The number of primary amides is 1. The molecule has 0 unspecified atom stereocenters. The molecule has 0 aliphatic heterocycles. The molecule has 3 aromatic heterocycles. The van der Waals surface area contributed by atoms with E-state index < -0.39 is 0 Å². The SMILES string of the molecule is CCc1c(-c2nccs2)c(C(N)=O)c(C)n1CCc1cccs1. The van der Waals surface area contributed by atoms with Crippen molar-refractivity contribution in [3.05, 3.63) is 50.9 Å². The lowest BCUT2D eigenvalue weighted by atomic mass is 10.1. The maximum atomic E-state index is 12.0. The van der Waals surface area contributed by atoms with Gasteiger partial charge < -0.3 is 10.3 Å². The van der Waals surface area contributed by atoms with Gasteiger partial charge in [0.25, 0.3) is 5.91 Å². The molecule has 2 N–H and O–H groups in total. The van der Waals surface area contributed by atoms with Crippen LogP contribution >= 0.6 is 22.7 Å². The summed E-state index contributed by atoms with van der Waals surface area (Å²) in [5.41, 5.74) is 9.29. The topological polar surface area (TPSA) is 60.9 Å². The Labute approximate surface area is 143 Å². The van der Waals surface area contributed by atoms with Gasteiger partial charge in [0.05, 0.1) is 5.56 Å². The van der Waals surface area contributed by atoms with E-state index in [9.17, 15) is 4.79 Å². The molecule has 0 aromatic carbocycles. The predicted molar refractivity (Wildman–Crippen MR) is 96.2 cm³/mol. The zero-order chi connectivity index (χ0) is 16.4. The molecular formula is C17H19N3OS2. The summed E-state index contributed by atoms with van der Waals surface area (Å²) in [6.45, 7) is 4.93. The average Bonchev–Trinajstić information content (AvgIpc) is 3.25. The van der Waals surface area contributed by atoms with E-state index in [0.29, 0.717) is 5.56 Å². The maximum absolute atomic E-state index is 12.0. The lowest BCUT2D eigenvalue weighted by Crippen LogP contribution is -2.13. The lowest BCUT2D eigenvalue weighted by molar-refractivity contribution is 0.1000. The Morgan fingerprint density at radius 3 is 2.74 bits per heavy atom. The van der Waals surface area contributed by atoms with E-state index in [-0.39, 0.29) is 5.91 Å². The number of carbonyl (C=O) groups is 1. The zero-order valence-electron chi connectivity index (χ0n) is 13.2. The Morgan fingerprint density at radius 2 is 2.17 bits per heavy atom. The summed E-state index contributed by atoms with van der Waals surface area (Å²) in [5.74, 6) is -0.378. The fraction of sp³-hybridized carbons (Fsp3) is 0.294. The Balaban J connectivity index is 2.08. The number of rotatable bonds is 6. The number of hydrogen-bond donors (Lipinski definition) is 1. The standard InChI is InChI=1S/C17H19N3OS2/c1-3-13-15(17-19-7-10-23-17)14(16(18)21)11(2)20(13)8-6-12-5-4-9-22-12/h4-5,7,9-10H,3,6,8H2,1-2H3,(H2,18,21). The largest absolute Gasteiger partial charge is 0.366 e. The summed E-state index contributed by atoms with van der Waals surface area (Å²) in [7, 11) is 0. The molecule has 1 amide bonds. The fourth-order valence-corrected chi connectivity index (χ4v) is 4.43. The molecule has 3 rings (SSSR count). The molecule has 0 aliphatic rings. The van der Waals surface area contributed by atoms with Gasteiger partial charge in [0.15, 0.2) is 0 Å². The molecular weight excluding hydrogens is 326 g/mol. The summed E-state index contributed by atoms with van der Waals surface area (Å²) in [4.78, 5) is 17.8. The first-order valence-electron chi connectivity index (χ1n) is 7.57. The Kier molecular flexibility index (Phi) is 4.63. The monoisotopic (exact) mass is 345 g/mol. The molecule has 23 heavy (non-hydrogen) atoms. The highest BCUT2D eigenvalue weighted by molar-refractivity contribution is 7.13. The molecule has 0 spiro atoms. The fourth-order valence-electron chi connectivity index (χ4n) is 3.02. The minimum absolute atomic E-state index is 0.378. The Morgan fingerprint density at radius 1 is 1.35 bits per heavy atom. The van der Waals surface area contributed by atoms with E-state index >= 15 is 0 Å². The lowest BCUT2D eigenvalue weighted by Gasteiger charge is -2.10. The van der Waals surface area contributed by atoms with Crippen LogP contribution in [0.3, 0.4) is 0 Å². The Bertz CT molecular complexity index is 802. The van der Waals surface area contributed by atoms with Crippen LogP contribution in [0.15, 0.2) is 29.1 Å². The van der Waals surface area contributed by atoms with Gasteiger partial charge in [-0.1, -0.05) is 13.0 Å². The quantitative estimate of drug-likeness (QED) is 0.737. The maximum Gasteiger partial charge on any atom is 0.251 e. The summed E-state index contributed by atoms with van der Waals surface area (Å²) in [6.07, 6.45) is 3.56. The number of thiophene rings is 1. The molecule has 6 heteroatoms. The summed E-state index contributed by atoms with van der Waals surface area (Å²) in [6, 6.07) is 4.21. The second-order valence-electron chi connectivity index (χ2n) is 5.32. The average molecular weight is 345 g/mol. The van der Waals surface area contributed by atoms with Crippen LogP contribution in [0.25, 0.3) is 10.6 Å². The van der Waals surface area contributed by atoms with Crippen molar-refractivity contribution in [1.29, 1.82) is 0 Å². The van der Waals surface area contributed by atoms with Gasteiger partial charge in [-0.3, -0.25) is 4.79 Å². The first-order valence-corrected chi connectivity index (χ1v) is 9.33. The number of aryl methyl sites for hydroxylation is 1. The molecule has 4 nitrogen and oxygen atoms in total. The van der Waals surface area contributed by atoms with E-state index in [1.54, 1.807) is 28.9 Å². The van der Waals surface area contributed by atoms with Crippen molar-refractivity contribution in [2.24, 2.45) is 5.73 Å². The van der Waals surface area contributed by atoms with Gasteiger partial charge in [0.1, 0.15) is 5.01 Å². The molecule has 3 heterocycles. The normalized spacial score (nSPS) is 11.0. The second-order valence-corrected chi connectivity index (χ2v) is 7.24. The van der Waals surface area contributed by atoms with E-state index in [1.165, 1.54) is 4.88 Å². The molecule has 0 bridgehead atoms. The van der Waals surface area contributed by atoms with Gasteiger partial charge in [-0.2, -0.15) is 0 Å². The number of thiazole rings is 1. The molecule has 0 saturated carbocycles. The van der Waals surface area contributed by atoms with Crippen molar-refractivity contribution < 1.29 is 4.79 Å². The number of carbonyl (C=O) groups excluding carboxylic acids is 1. The van der Waals surface area contributed by atoms with Crippen LogP contribution in [0.2, 0.25) is 0 Å². The van der Waals surface area contributed by atoms with Crippen LogP contribution in [0.5, 0.6) is 0 Å². The van der Waals surface area contributed by atoms with Crippen molar-refractivity contribution in [1.82, 2.24) is 9.55 Å². The van der Waals surface area contributed by atoms with Crippen molar-refractivity contribution in [3.63, 3.8) is 0 Å². The van der Waals surface area contributed by atoms with Crippen molar-refractivity contribution in [2.75, 3.05) is 0 Å². The first kappa shape index (κ1) is 16.0. The zero-order valence-corrected chi connectivity index (χ0v) is 14.8. The number of aromatic nitrogens is 2. The molecule has 0 atom stereocenters. The summed E-state index contributed by atoms with van der Waals surface area (Å²) in [5, 5.41) is 4.89. The first-order chi connectivity index (χ1) is 11.1. The minimum atomic E-state index is -0.378.